The summed E-state index contributed by atoms with van der Waals surface area (Å²) in [5.74, 6) is -2.74. The second-order valence-corrected chi connectivity index (χ2v) is 2.89. The number of nitriles is 1. The first-order chi connectivity index (χ1) is 7.52. The van der Waals surface area contributed by atoms with Crippen LogP contribution in [0.1, 0.15) is 27.6 Å². The molecule has 0 aliphatic rings. The third-order valence-electron chi connectivity index (χ3n) is 1.98. The van der Waals surface area contributed by atoms with Crippen LogP contribution >= 0.6 is 0 Å². The van der Waals surface area contributed by atoms with E-state index in [0.29, 0.717) is 0 Å². The van der Waals surface area contributed by atoms with Gasteiger partial charge in [0.1, 0.15) is 5.82 Å². The molecule has 0 saturated heterocycles. The summed E-state index contributed by atoms with van der Waals surface area (Å²) in [7, 11) is 0. The third-order valence-corrected chi connectivity index (χ3v) is 1.98. The molecule has 1 aromatic rings. The van der Waals surface area contributed by atoms with Crippen molar-refractivity contribution in [3.8, 4) is 6.07 Å². The molecule has 0 saturated carbocycles. The van der Waals surface area contributed by atoms with E-state index in [1.165, 1.54) is 0 Å². The number of aldehydes is 1. The lowest BCUT2D eigenvalue weighted by molar-refractivity contribution is -0.147. The van der Waals surface area contributed by atoms with Crippen LogP contribution < -0.4 is 0 Å². The van der Waals surface area contributed by atoms with E-state index in [-0.39, 0.29) is 11.8 Å². The van der Waals surface area contributed by atoms with Gasteiger partial charge in [0.05, 0.1) is 11.6 Å². The van der Waals surface area contributed by atoms with Crippen molar-refractivity contribution >= 4 is 12.3 Å². The van der Waals surface area contributed by atoms with Gasteiger partial charge in [0, 0.05) is 11.1 Å². The molecular weight excluding hydrogens is 217 g/mol. The van der Waals surface area contributed by atoms with Gasteiger partial charge in [-0.25, -0.2) is 9.18 Å². The van der Waals surface area contributed by atoms with Gasteiger partial charge in [-0.3, -0.25) is 4.79 Å². The van der Waals surface area contributed by atoms with Crippen molar-refractivity contribution < 1.29 is 24.2 Å². The molecule has 1 aromatic carbocycles. The SMILES string of the molecule is N#Cc1ccc(F)c(C(O)C(=O)O)c1C=O. The number of hydrogen-bond acceptors (Lipinski definition) is 4. The van der Waals surface area contributed by atoms with Crippen molar-refractivity contribution in [2.75, 3.05) is 0 Å². The van der Waals surface area contributed by atoms with Gasteiger partial charge >= 0.3 is 5.97 Å². The number of carbonyl (C=O) groups is 2. The van der Waals surface area contributed by atoms with Gasteiger partial charge < -0.3 is 10.2 Å². The zero-order chi connectivity index (χ0) is 12.3. The number of halogens is 1. The monoisotopic (exact) mass is 223 g/mol. The van der Waals surface area contributed by atoms with Crippen LogP contribution in [-0.4, -0.2) is 22.5 Å². The van der Waals surface area contributed by atoms with Gasteiger partial charge in [-0.05, 0) is 12.1 Å². The summed E-state index contributed by atoms with van der Waals surface area (Å²) in [5, 5.41) is 26.4. The second-order valence-electron chi connectivity index (χ2n) is 2.89. The van der Waals surface area contributed by atoms with Crippen molar-refractivity contribution in [2.45, 2.75) is 6.10 Å². The van der Waals surface area contributed by atoms with Gasteiger partial charge in [0.25, 0.3) is 0 Å². The highest BCUT2D eigenvalue weighted by Gasteiger charge is 2.25. The number of aliphatic hydroxyl groups excluding tert-OH is 1. The fourth-order valence-electron chi connectivity index (χ4n) is 1.24. The lowest BCUT2D eigenvalue weighted by Gasteiger charge is -2.10. The molecular formula is C10H6FNO4. The molecule has 0 bridgehead atoms. The third kappa shape index (κ3) is 1.89. The molecule has 82 valence electrons. The summed E-state index contributed by atoms with van der Waals surface area (Å²) in [4.78, 5) is 21.2. The number of carbonyl (C=O) groups excluding carboxylic acids is 1. The van der Waals surface area contributed by atoms with E-state index in [0.717, 1.165) is 12.1 Å². The maximum atomic E-state index is 13.3. The Hall–Kier alpha value is -2.26. The highest BCUT2D eigenvalue weighted by molar-refractivity contribution is 5.85. The van der Waals surface area contributed by atoms with Crippen LogP contribution in [0.2, 0.25) is 0 Å². The maximum Gasteiger partial charge on any atom is 0.337 e. The maximum absolute atomic E-state index is 13.3. The average molecular weight is 223 g/mol. The highest BCUT2D eigenvalue weighted by Crippen LogP contribution is 2.23. The van der Waals surface area contributed by atoms with Crippen LogP contribution in [0.15, 0.2) is 12.1 Å². The van der Waals surface area contributed by atoms with E-state index >= 15 is 0 Å². The predicted octanol–water partition coefficient (Wildman–Crippen LogP) is 0.628. The van der Waals surface area contributed by atoms with E-state index in [4.69, 9.17) is 10.4 Å². The molecule has 1 unspecified atom stereocenters. The zero-order valence-corrected chi connectivity index (χ0v) is 7.85. The number of nitrogens with zero attached hydrogens (tertiary/aromatic N) is 1. The van der Waals surface area contributed by atoms with E-state index in [2.05, 4.69) is 0 Å². The van der Waals surface area contributed by atoms with Gasteiger partial charge in [-0.1, -0.05) is 0 Å². The molecule has 0 spiro atoms. The van der Waals surface area contributed by atoms with E-state index < -0.39 is 29.0 Å². The molecule has 16 heavy (non-hydrogen) atoms. The average Bonchev–Trinajstić information content (AvgIpc) is 2.27. The zero-order valence-electron chi connectivity index (χ0n) is 7.85. The Morgan fingerprint density at radius 2 is 2.19 bits per heavy atom. The van der Waals surface area contributed by atoms with Crippen LogP contribution in [0.4, 0.5) is 4.39 Å². The van der Waals surface area contributed by atoms with Crippen LogP contribution in [0.25, 0.3) is 0 Å². The first-order valence-electron chi connectivity index (χ1n) is 4.11. The summed E-state index contributed by atoms with van der Waals surface area (Å²) >= 11 is 0. The van der Waals surface area contributed by atoms with Crippen LogP contribution in [0, 0.1) is 17.1 Å². The molecule has 1 rings (SSSR count). The van der Waals surface area contributed by atoms with Gasteiger partial charge in [-0.15, -0.1) is 0 Å². The molecule has 0 aliphatic carbocycles. The number of aliphatic hydroxyl groups is 1. The minimum atomic E-state index is -2.17. The Morgan fingerprint density at radius 3 is 2.62 bits per heavy atom. The molecule has 0 amide bonds. The van der Waals surface area contributed by atoms with Crippen molar-refractivity contribution in [3.05, 3.63) is 34.6 Å². The minimum Gasteiger partial charge on any atom is -0.479 e. The predicted molar refractivity (Wildman–Crippen MR) is 49.1 cm³/mol. The second kappa shape index (κ2) is 4.51. The number of aliphatic carboxylic acids is 1. The topological polar surface area (TPSA) is 98.4 Å². The van der Waals surface area contributed by atoms with Crippen molar-refractivity contribution in [2.24, 2.45) is 0 Å². The Bertz CT molecular complexity index is 492. The van der Waals surface area contributed by atoms with Gasteiger partial charge in [-0.2, -0.15) is 5.26 Å². The number of carboxylic acids is 1. The lowest BCUT2D eigenvalue weighted by Crippen LogP contribution is -2.15. The molecule has 1 atom stereocenters. The molecule has 2 N–H and O–H groups in total. The molecule has 0 aromatic heterocycles. The largest absolute Gasteiger partial charge is 0.479 e. The smallest absolute Gasteiger partial charge is 0.337 e. The number of hydrogen-bond donors (Lipinski definition) is 2. The lowest BCUT2D eigenvalue weighted by atomic mass is 9.98. The van der Waals surface area contributed by atoms with E-state index in [1.807, 2.05) is 0 Å². The summed E-state index contributed by atoms with van der Waals surface area (Å²) in [6, 6.07) is 3.47. The van der Waals surface area contributed by atoms with Crippen LogP contribution in [0.5, 0.6) is 0 Å². The molecule has 0 fully saturated rings. The summed E-state index contributed by atoms with van der Waals surface area (Å²) in [6.07, 6.45) is -2.03. The quantitative estimate of drug-likeness (QED) is 0.732. The summed E-state index contributed by atoms with van der Waals surface area (Å²) < 4.78 is 13.3. The Kier molecular flexibility index (Phi) is 3.33. The Balaban J connectivity index is 3.53. The fraction of sp³-hybridized carbons (Fsp3) is 0.100. The molecule has 5 nitrogen and oxygen atoms in total. The Morgan fingerprint density at radius 1 is 1.56 bits per heavy atom. The summed E-state index contributed by atoms with van der Waals surface area (Å²) in [6.45, 7) is 0. The summed E-state index contributed by atoms with van der Waals surface area (Å²) in [5.41, 5.74) is -1.33. The van der Waals surface area contributed by atoms with Crippen molar-refractivity contribution in [1.29, 1.82) is 5.26 Å². The molecule has 6 heteroatoms. The number of rotatable bonds is 3. The first-order valence-corrected chi connectivity index (χ1v) is 4.11. The standard InChI is InChI=1S/C10H6FNO4/c11-7-2-1-5(3-12)6(4-13)8(7)9(14)10(15)16/h1-2,4,9,14H,(H,15,16). The normalized spacial score (nSPS) is 11.6. The first kappa shape index (κ1) is 11.8. The molecule has 0 aliphatic heterocycles. The molecule has 0 heterocycles. The number of carboxylic acid groups (broad SMARTS) is 1. The number of benzene rings is 1. The van der Waals surface area contributed by atoms with Crippen LogP contribution in [0.3, 0.4) is 0 Å². The fourth-order valence-corrected chi connectivity index (χ4v) is 1.24. The van der Waals surface area contributed by atoms with Crippen LogP contribution in [-0.2, 0) is 4.79 Å². The highest BCUT2D eigenvalue weighted by atomic mass is 19.1. The van der Waals surface area contributed by atoms with E-state index in [9.17, 15) is 19.1 Å². The van der Waals surface area contributed by atoms with E-state index in [1.54, 1.807) is 6.07 Å². The minimum absolute atomic E-state index is 0.142. The van der Waals surface area contributed by atoms with Gasteiger partial charge in [0.15, 0.2) is 12.4 Å². The Labute approximate surface area is 89.4 Å². The molecule has 0 radical (unpaired) electrons. The van der Waals surface area contributed by atoms with Crippen molar-refractivity contribution in [1.82, 2.24) is 0 Å². The van der Waals surface area contributed by atoms with Crippen molar-refractivity contribution in [3.63, 3.8) is 0 Å². The van der Waals surface area contributed by atoms with Gasteiger partial charge in [0.2, 0.25) is 0 Å².